The van der Waals surface area contributed by atoms with E-state index in [4.69, 9.17) is 0 Å². The molecule has 0 aliphatic heterocycles. The minimum atomic E-state index is -0.601. The van der Waals surface area contributed by atoms with Gasteiger partial charge in [-0.05, 0) is 37.6 Å². The molecule has 0 fully saturated rings. The summed E-state index contributed by atoms with van der Waals surface area (Å²) in [6.07, 6.45) is 0.442. The van der Waals surface area contributed by atoms with Crippen LogP contribution in [-0.2, 0) is 7.05 Å². The highest BCUT2D eigenvalue weighted by atomic mass is 19.1. The lowest BCUT2D eigenvalue weighted by atomic mass is 10.0. The number of nitrogens with zero attached hydrogens (tertiary/aromatic N) is 2. The van der Waals surface area contributed by atoms with Crippen LogP contribution in [-0.4, -0.2) is 15.7 Å². The first-order chi connectivity index (χ1) is 9.92. The zero-order valence-electron chi connectivity index (χ0n) is 12.2. The summed E-state index contributed by atoms with van der Waals surface area (Å²) in [4.78, 5) is 12.1. The molecule has 4 nitrogen and oxygen atoms in total. The first-order valence-electron chi connectivity index (χ1n) is 6.68. The molecule has 0 aliphatic rings. The van der Waals surface area contributed by atoms with Crippen LogP contribution in [0.25, 0.3) is 0 Å². The summed E-state index contributed by atoms with van der Waals surface area (Å²) in [5, 5.41) is 6.75. The van der Waals surface area contributed by atoms with Gasteiger partial charge in [0.2, 0.25) is 0 Å². The van der Waals surface area contributed by atoms with Crippen molar-refractivity contribution in [3.05, 3.63) is 52.9 Å². The van der Waals surface area contributed by atoms with Gasteiger partial charge in [0.15, 0.2) is 0 Å². The SMILES string of the molecule is CC[C@H](NC(=O)c1cc(C)n(C)n1)c1cc(F)ccc1F. The lowest BCUT2D eigenvalue weighted by Gasteiger charge is -2.17. The summed E-state index contributed by atoms with van der Waals surface area (Å²) in [5.74, 6) is -1.48. The number of amides is 1. The van der Waals surface area contributed by atoms with Crippen LogP contribution in [0.1, 0.15) is 41.1 Å². The minimum Gasteiger partial charge on any atom is -0.344 e. The number of nitrogens with one attached hydrogen (secondary N) is 1. The highest BCUT2D eigenvalue weighted by Crippen LogP contribution is 2.21. The van der Waals surface area contributed by atoms with Crippen molar-refractivity contribution in [3.63, 3.8) is 0 Å². The van der Waals surface area contributed by atoms with Gasteiger partial charge in [-0.25, -0.2) is 8.78 Å². The summed E-state index contributed by atoms with van der Waals surface area (Å²) in [6, 6.07) is 4.26. The van der Waals surface area contributed by atoms with E-state index in [1.807, 2.05) is 6.92 Å². The number of halogens is 2. The van der Waals surface area contributed by atoms with Crippen molar-refractivity contribution in [2.24, 2.45) is 7.05 Å². The summed E-state index contributed by atoms with van der Waals surface area (Å²) >= 11 is 0. The summed E-state index contributed by atoms with van der Waals surface area (Å²) < 4.78 is 28.6. The first-order valence-corrected chi connectivity index (χ1v) is 6.68. The second kappa shape index (κ2) is 6.03. The lowest BCUT2D eigenvalue weighted by Crippen LogP contribution is -2.29. The number of carbonyl (C=O) groups excluding carboxylic acids is 1. The molecular weight excluding hydrogens is 276 g/mol. The first kappa shape index (κ1) is 15.2. The molecule has 2 rings (SSSR count). The maximum Gasteiger partial charge on any atom is 0.272 e. The van der Waals surface area contributed by atoms with Crippen LogP contribution in [0.5, 0.6) is 0 Å². The van der Waals surface area contributed by atoms with Crippen molar-refractivity contribution in [2.75, 3.05) is 0 Å². The van der Waals surface area contributed by atoms with Gasteiger partial charge in [0.1, 0.15) is 17.3 Å². The molecule has 0 unspecified atom stereocenters. The van der Waals surface area contributed by atoms with Crippen molar-refractivity contribution < 1.29 is 13.6 Å². The molecule has 0 spiro atoms. The molecule has 1 heterocycles. The van der Waals surface area contributed by atoms with E-state index in [0.717, 1.165) is 23.9 Å². The quantitative estimate of drug-likeness (QED) is 0.942. The number of aryl methyl sites for hydroxylation is 2. The van der Waals surface area contributed by atoms with Gasteiger partial charge in [-0.2, -0.15) is 5.10 Å². The van der Waals surface area contributed by atoms with Crippen molar-refractivity contribution in [3.8, 4) is 0 Å². The lowest BCUT2D eigenvalue weighted by molar-refractivity contribution is 0.0929. The van der Waals surface area contributed by atoms with E-state index in [-0.39, 0.29) is 11.3 Å². The highest BCUT2D eigenvalue weighted by molar-refractivity contribution is 5.92. The molecule has 112 valence electrons. The molecule has 0 saturated carbocycles. The predicted octanol–water partition coefficient (Wildman–Crippen LogP) is 2.89. The molecule has 1 aromatic carbocycles. The smallest absolute Gasteiger partial charge is 0.272 e. The Morgan fingerprint density at radius 2 is 2.10 bits per heavy atom. The molecule has 1 N–H and O–H groups in total. The zero-order chi connectivity index (χ0) is 15.6. The maximum atomic E-state index is 13.8. The van der Waals surface area contributed by atoms with E-state index in [0.29, 0.717) is 6.42 Å². The van der Waals surface area contributed by atoms with Gasteiger partial charge in [-0.1, -0.05) is 6.92 Å². The van der Waals surface area contributed by atoms with E-state index >= 15 is 0 Å². The normalized spacial score (nSPS) is 12.2. The van der Waals surface area contributed by atoms with Gasteiger partial charge in [0.05, 0.1) is 6.04 Å². The molecule has 21 heavy (non-hydrogen) atoms. The third kappa shape index (κ3) is 3.26. The fourth-order valence-electron chi connectivity index (χ4n) is 2.09. The van der Waals surface area contributed by atoms with E-state index in [1.165, 1.54) is 0 Å². The average Bonchev–Trinajstić information content (AvgIpc) is 2.79. The van der Waals surface area contributed by atoms with Gasteiger partial charge in [0, 0.05) is 18.3 Å². The number of benzene rings is 1. The summed E-state index contributed by atoms with van der Waals surface area (Å²) in [7, 11) is 1.73. The highest BCUT2D eigenvalue weighted by Gasteiger charge is 2.19. The number of hydrogen-bond donors (Lipinski definition) is 1. The van der Waals surface area contributed by atoms with Crippen molar-refractivity contribution in [1.29, 1.82) is 0 Å². The Morgan fingerprint density at radius 1 is 1.38 bits per heavy atom. The molecule has 6 heteroatoms. The Balaban J connectivity index is 2.22. The standard InChI is InChI=1S/C15H17F2N3O/c1-4-13(11-8-10(16)5-6-12(11)17)18-15(21)14-7-9(2)20(3)19-14/h5-8,13H,4H2,1-3H3,(H,18,21)/t13-/m0/s1. The van der Waals surface area contributed by atoms with Gasteiger partial charge in [0.25, 0.3) is 5.91 Å². The molecule has 1 atom stereocenters. The van der Waals surface area contributed by atoms with Gasteiger partial charge in [-0.3, -0.25) is 9.48 Å². The largest absolute Gasteiger partial charge is 0.344 e. The second-order valence-corrected chi connectivity index (χ2v) is 4.89. The van der Waals surface area contributed by atoms with Crippen LogP contribution in [0.3, 0.4) is 0 Å². The maximum absolute atomic E-state index is 13.8. The van der Waals surface area contributed by atoms with Gasteiger partial charge < -0.3 is 5.32 Å². The van der Waals surface area contributed by atoms with Crippen molar-refractivity contribution in [2.45, 2.75) is 26.3 Å². The Labute approximate surface area is 121 Å². The summed E-state index contributed by atoms with van der Waals surface area (Å²) in [5.41, 5.74) is 1.23. The molecular formula is C15H17F2N3O. The second-order valence-electron chi connectivity index (χ2n) is 4.89. The molecule has 0 saturated heterocycles. The Hall–Kier alpha value is -2.24. The predicted molar refractivity (Wildman–Crippen MR) is 74.8 cm³/mol. The molecule has 2 aromatic rings. The van der Waals surface area contributed by atoms with E-state index < -0.39 is 23.6 Å². The number of hydrogen-bond acceptors (Lipinski definition) is 2. The summed E-state index contributed by atoms with van der Waals surface area (Å²) in [6.45, 7) is 3.62. The van der Waals surface area contributed by atoms with Gasteiger partial charge in [-0.15, -0.1) is 0 Å². The molecule has 0 radical (unpaired) electrons. The average molecular weight is 293 g/mol. The number of rotatable bonds is 4. The molecule has 0 bridgehead atoms. The number of aromatic nitrogens is 2. The fraction of sp³-hybridized carbons (Fsp3) is 0.333. The number of carbonyl (C=O) groups is 1. The van der Waals surface area contributed by atoms with Crippen LogP contribution in [0.15, 0.2) is 24.3 Å². The van der Waals surface area contributed by atoms with Gasteiger partial charge >= 0.3 is 0 Å². The van der Waals surface area contributed by atoms with Crippen molar-refractivity contribution in [1.82, 2.24) is 15.1 Å². The van der Waals surface area contributed by atoms with Crippen LogP contribution < -0.4 is 5.32 Å². The van der Waals surface area contributed by atoms with E-state index in [9.17, 15) is 13.6 Å². The molecule has 1 amide bonds. The topological polar surface area (TPSA) is 46.9 Å². The Morgan fingerprint density at radius 3 is 2.67 bits per heavy atom. The van der Waals surface area contributed by atoms with Crippen molar-refractivity contribution >= 4 is 5.91 Å². The Kier molecular flexibility index (Phi) is 4.35. The van der Waals surface area contributed by atoms with E-state index in [2.05, 4.69) is 10.4 Å². The molecule has 0 aliphatic carbocycles. The third-order valence-corrected chi connectivity index (χ3v) is 3.39. The zero-order valence-corrected chi connectivity index (χ0v) is 12.2. The van der Waals surface area contributed by atoms with Crippen LogP contribution in [0.4, 0.5) is 8.78 Å². The third-order valence-electron chi connectivity index (χ3n) is 3.39. The molecule has 1 aromatic heterocycles. The monoisotopic (exact) mass is 293 g/mol. The van der Waals surface area contributed by atoms with Crippen LogP contribution in [0.2, 0.25) is 0 Å². The fourth-order valence-corrected chi connectivity index (χ4v) is 2.09. The van der Waals surface area contributed by atoms with Crippen LogP contribution in [0, 0.1) is 18.6 Å². The van der Waals surface area contributed by atoms with Crippen LogP contribution >= 0.6 is 0 Å². The van der Waals surface area contributed by atoms with E-state index in [1.54, 1.807) is 24.7 Å². The Bertz CT molecular complexity index is 647. The minimum absolute atomic E-state index is 0.138.